The van der Waals surface area contributed by atoms with Crippen LogP contribution in [0.1, 0.15) is 0 Å². The van der Waals surface area contributed by atoms with Crippen molar-refractivity contribution in [3.8, 4) is 0 Å². The summed E-state index contributed by atoms with van der Waals surface area (Å²) in [6.07, 6.45) is 1.46. The second-order valence-electron chi connectivity index (χ2n) is 2.67. The number of nitrogens with one attached hydrogen (secondary N) is 3. The van der Waals surface area contributed by atoms with Crippen molar-refractivity contribution in [1.82, 2.24) is 15.3 Å². The smallest absolute Gasteiger partial charge is 0.239 e. The minimum Gasteiger partial charge on any atom is -0.360 e. The first-order valence-corrected chi connectivity index (χ1v) is 4.70. The van der Waals surface area contributed by atoms with Gasteiger partial charge in [0, 0.05) is 14.1 Å². The predicted octanol–water partition coefficient (Wildman–Crippen LogP) is 0.330. The molecule has 0 unspecified atom stereocenters. The number of hydrogen-bond donors (Lipinski definition) is 3. The molecule has 0 fully saturated rings. The number of nitrogens with zero attached hydrogens (tertiary/aromatic N) is 2. The Hall–Kier alpha value is -1.56. The molecule has 82 valence electrons. The second kappa shape index (κ2) is 5.35. The van der Waals surface area contributed by atoms with Crippen LogP contribution in [-0.4, -0.2) is 36.5 Å². The van der Waals surface area contributed by atoms with E-state index in [9.17, 15) is 4.79 Å². The third kappa shape index (κ3) is 3.25. The number of halogens is 1. The lowest BCUT2D eigenvalue weighted by atomic mass is 10.5. The number of carbonyl (C=O) groups is 1. The molecule has 1 amide bonds. The van der Waals surface area contributed by atoms with Gasteiger partial charge < -0.3 is 16.0 Å². The Morgan fingerprint density at radius 1 is 1.53 bits per heavy atom. The molecule has 3 N–H and O–H groups in total. The van der Waals surface area contributed by atoms with Crippen LogP contribution in [0.5, 0.6) is 0 Å². The molecule has 0 aromatic carbocycles. The van der Waals surface area contributed by atoms with Crippen LogP contribution < -0.4 is 16.0 Å². The fourth-order valence-corrected chi connectivity index (χ4v) is 1.02. The molecular formula is C8H12ClN5O. The molecule has 1 aromatic heterocycles. The summed E-state index contributed by atoms with van der Waals surface area (Å²) >= 11 is 5.83. The normalized spacial score (nSPS) is 9.53. The Morgan fingerprint density at radius 2 is 2.27 bits per heavy atom. The molecule has 7 heteroatoms. The van der Waals surface area contributed by atoms with E-state index in [4.69, 9.17) is 11.6 Å². The van der Waals surface area contributed by atoms with Gasteiger partial charge in [0.15, 0.2) is 5.82 Å². The van der Waals surface area contributed by atoms with Gasteiger partial charge in [0.05, 0.1) is 12.7 Å². The zero-order valence-corrected chi connectivity index (χ0v) is 9.22. The van der Waals surface area contributed by atoms with E-state index in [1.54, 1.807) is 14.1 Å². The molecule has 6 nitrogen and oxygen atoms in total. The monoisotopic (exact) mass is 229 g/mol. The van der Waals surface area contributed by atoms with E-state index in [1.165, 1.54) is 6.20 Å². The van der Waals surface area contributed by atoms with Gasteiger partial charge in [-0.1, -0.05) is 11.6 Å². The summed E-state index contributed by atoms with van der Waals surface area (Å²) < 4.78 is 0. The molecule has 0 spiro atoms. The zero-order valence-electron chi connectivity index (χ0n) is 8.47. The fourth-order valence-electron chi connectivity index (χ4n) is 0.864. The first-order chi connectivity index (χ1) is 7.17. The average molecular weight is 230 g/mol. The number of hydrogen-bond acceptors (Lipinski definition) is 5. The van der Waals surface area contributed by atoms with E-state index < -0.39 is 0 Å². The van der Waals surface area contributed by atoms with E-state index in [2.05, 4.69) is 25.9 Å². The summed E-state index contributed by atoms with van der Waals surface area (Å²) in [5.41, 5.74) is 0. The molecule has 0 saturated heterocycles. The van der Waals surface area contributed by atoms with Crippen molar-refractivity contribution in [2.45, 2.75) is 0 Å². The SMILES string of the molecule is CNC(=O)CNc1nc(NC)ncc1Cl. The number of rotatable bonds is 4. The zero-order chi connectivity index (χ0) is 11.3. The van der Waals surface area contributed by atoms with Crippen molar-refractivity contribution in [2.24, 2.45) is 0 Å². The van der Waals surface area contributed by atoms with Crippen LogP contribution in [0, 0.1) is 0 Å². The van der Waals surface area contributed by atoms with Gasteiger partial charge in [0.1, 0.15) is 5.02 Å². The number of aromatic nitrogens is 2. The molecule has 0 aliphatic carbocycles. The highest BCUT2D eigenvalue weighted by molar-refractivity contribution is 6.32. The van der Waals surface area contributed by atoms with Crippen LogP contribution in [0.4, 0.5) is 11.8 Å². The molecule has 1 heterocycles. The quantitative estimate of drug-likeness (QED) is 0.694. The molecule has 0 bridgehead atoms. The largest absolute Gasteiger partial charge is 0.360 e. The van der Waals surface area contributed by atoms with Crippen molar-refractivity contribution in [1.29, 1.82) is 0 Å². The van der Waals surface area contributed by atoms with Crippen molar-refractivity contribution in [3.05, 3.63) is 11.2 Å². The van der Waals surface area contributed by atoms with Gasteiger partial charge >= 0.3 is 0 Å². The predicted molar refractivity (Wildman–Crippen MR) is 59.1 cm³/mol. The highest BCUT2D eigenvalue weighted by Gasteiger charge is 2.05. The lowest BCUT2D eigenvalue weighted by molar-refractivity contribution is -0.118. The third-order valence-electron chi connectivity index (χ3n) is 1.66. The molecule has 15 heavy (non-hydrogen) atoms. The van der Waals surface area contributed by atoms with E-state index in [0.717, 1.165) is 0 Å². The minimum atomic E-state index is -0.143. The number of likely N-dealkylation sites (N-methyl/N-ethyl adjacent to an activating group) is 1. The lowest BCUT2D eigenvalue weighted by Gasteiger charge is -2.07. The molecule has 0 atom stereocenters. The Kier molecular flexibility index (Phi) is 4.11. The summed E-state index contributed by atoms with van der Waals surface area (Å²) in [6.45, 7) is 0.121. The molecule has 1 rings (SSSR count). The fraction of sp³-hybridized carbons (Fsp3) is 0.375. The van der Waals surface area contributed by atoms with Crippen LogP contribution in [0.15, 0.2) is 6.20 Å². The van der Waals surface area contributed by atoms with Crippen molar-refractivity contribution in [3.63, 3.8) is 0 Å². The van der Waals surface area contributed by atoms with E-state index >= 15 is 0 Å². The summed E-state index contributed by atoms with van der Waals surface area (Å²) in [5.74, 6) is 0.731. The van der Waals surface area contributed by atoms with E-state index in [-0.39, 0.29) is 12.5 Å². The van der Waals surface area contributed by atoms with Crippen molar-refractivity contribution < 1.29 is 4.79 Å². The van der Waals surface area contributed by atoms with E-state index in [1.807, 2.05) is 0 Å². The van der Waals surface area contributed by atoms with Gasteiger partial charge in [0.2, 0.25) is 11.9 Å². The van der Waals surface area contributed by atoms with Crippen molar-refractivity contribution >= 4 is 29.3 Å². The Balaban J connectivity index is 2.70. The number of carbonyl (C=O) groups excluding carboxylic acids is 1. The van der Waals surface area contributed by atoms with Crippen LogP contribution in [0.3, 0.4) is 0 Å². The van der Waals surface area contributed by atoms with Gasteiger partial charge in [-0.15, -0.1) is 0 Å². The van der Waals surface area contributed by atoms with E-state index in [0.29, 0.717) is 16.8 Å². The van der Waals surface area contributed by atoms with Gasteiger partial charge in [-0.3, -0.25) is 4.79 Å². The summed E-state index contributed by atoms with van der Waals surface area (Å²) in [5, 5.41) is 8.43. The topological polar surface area (TPSA) is 78.9 Å². The third-order valence-corrected chi connectivity index (χ3v) is 1.94. The molecule has 0 aliphatic rings. The second-order valence-corrected chi connectivity index (χ2v) is 3.07. The number of amides is 1. The maximum Gasteiger partial charge on any atom is 0.239 e. The molecule has 1 aromatic rings. The standard InChI is InChI=1S/C8H12ClN5O/c1-10-6(15)4-12-7-5(9)3-13-8(11-2)14-7/h3H,4H2,1-2H3,(H,10,15)(H2,11,12,13,14). The first-order valence-electron chi connectivity index (χ1n) is 4.32. The van der Waals surface area contributed by atoms with Gasteiger partial charge in [-0.25, -0.2) is 4.98 Å². The number of anilines is 2. The lowest BCUT2D eigenvalue weighted by Crippen LogP contribution is -2.26. The summed E-state index contributed by atoms with van der Waals surface area (Å²) in [4.78, 5) is 18.9. The average Bonchev–Trinajstić information content (AvgIpc) is 2.27. The van der Waals surface area contributed by atoms with Crippen LogP contribution in [-0.2, 0) is 4.79 Å². The maximum absolute atomic E-state index is 11.0. The first kappa shape index (κ1) is 11.5. The highest BCUT2D eigenvalue weighted by Crippen LogP contribution is 2.18. The molecule has 0 saturated carbocycles. The molecule has 0 aliphatic heterocycles. The van der Waals surface area contributed by atoms with Crippen LogP contribution in [0.2, 0.25) is 5.02 Å². The Bertz CT molecular complexity index is 357. The van der Waals surface area contributed by atoms with Gasteiger partial charge in [-0.2, -0.15) is 4.98 Å². The van der Waals surface area contributed by atoms with Crippen LogP contribution in [0.25, 0.3) is 0 Å². The Labute approximate surface area is 92.4 Å². The van der Waals surface area contributed by atoms with Crippen LogP contribution >= 0.6 is 11.6 Å². The Morgan fingerprint density at radius 3 is 2.87 bits per heavy atom. The van der Waals surface area contributed by atoms with Gasteiger partial charge in [0.25, 0.3) is 0 Å². The molecule has 0 radical (unpaired) electrons. The maximum atomic E-state index is 11.0. The molecular weight excluding hydrogens is 218 g/mol. The summed E-state index contributed by atoms with van der Waals surface area (Å²) in [7, 11) is 3.26. The highest BCUT2D eigenvalue weighted by atomic mass is 35.5. The van der Waals surface area contributed by atoms with Gasteiger partial charge in [-0.05, 0) is 0 Å². The minimum absolute atomic E-state index is 0.121. The summed E-state index contributed by atoms with van der Waals surface area (Å²) in [6, 6.07) is 0. The van der Waals surface area contributed by atoms with Crippen molar-refractivity contribution in [2.75, 3.05) is 31.3 Å².